The van der Waals surface area contributed by atoms with Crippen molar-refractivity contribution in [3.05, 3.63) is 58.3 Å². The van der Waals surface area contributed by atoms with E-state index in [-0.39, 0.29) is 0 Å². The zero-order valence-electron chi connectivity index (χ0n) is 14.1. The Labute approximate surface area is 154 Å². The van der Waals surface area contributed by atoms with Crippen LogP contribution in [0.2, 0.25) is 0 Å². The van der Waals surface area contributed by atoms with Gasteiger partial charge in [-0.25, -0.2) is 0 Å². The fraction of sp³-hybridized carbons (Fsp3) is 0.400. The zero-order chi connectivity index (χ0) is 16.9. The number of nitrogens with zero attached hydrogens (tertiary/aromatic N) is 2. The van der Waals surface area contributed by atoms with Crippen molar-refractivity contribution in [3.63, 3.8) is 0 Å². The van der Waals surface area contributed by atoms with Crippen molar-refractivity contribution in [3.8, 4) is 0 Å². The number of rotatable bonds is 7. The molecule has 2 aromatic rings. The Morgan fingerprint density at radius 1 is 0.875 bits per heavy atom. The molecular weight excluding hydrogens is 339 g/mol. The first kappa shape index (κ1) is 17.4. The molecule has 0 aromatic heterocycles. The van der Waals surface area contributed by atoms with E-state index in [0.29, 0.717) is 10.3 Å². The molecule has 0 amide bonds. The average molecular weight is 363 g/mol. The lowest BCUT2D eigenvalue weighted by Gasteiger charge is -2.22. The zero-order valence-corrected chi connectivity index (χ0v) is 15.7. The van der Waals surface area contributed by atoms with Crippen molar-refractivity contribution in [2.45, 2.75) is 32.6 Å². The smallest absolute Gasteiger partial charge is 0.141 e. The van der Waals surface area contributed by atoms with Crippen LogP contribution in [-0.4, -0.2) is 29.6 Å². The summed E-state index contributed by atoms with van der Waals surface area (Å²) in [7, 11) is 0. The summed E-state index contributed by atoms with van der Waals surface area (Å²) in [5.74, 6) is 0. The largest absolute Gasteiger partial charge is 0.342 e. The first-order chi connectivity index (χ1) is 11.7. The van der Waals surface area contributed by atoms with Gasteiger partial charge in [-0.1, -0.05) is 85.4 Å². The highest BCUT2D eigenvalue weighted by molar-refractivity contribution is 6.38. The molecule has 0 unspecified atom stereocenters. The van der Waals surface area contributed by atoms with Gasteiger partial charge in [0, 0.05) is 13.1 Å². The molecule has 0 saturated heterocycles. The van der Waals surface area contributed by atoms with Crippen molar-refractivity contribution >= 4 is 34.0 Å². The summed E-state index contributed by atoms with van der Waals surface area (Å²) >= 11 is 12.9. The fourth-order valence-electron chi connectivity index (χ4n) is 3.25. The molecule has 0 aliphatic carbocycles. The van der Waals surface area contributed by atoms with Gasteiger partial charge in [0.2, 0.25) is 0 Å². The van der Waals surface area contributed by atoms with E-state index < -0.39 is 0 Å². The van der Waals surface area contributed by atoms with Crippen LogP contribution in [0, 0.1) is 0 Å². The molecule has 0 radical (unpaired) electrons. The summed E-state index contributed by atoms with van der Waals surface area (Å²) in [6.07, 6.45) is 4.57. The monoisotopic (exact) mass is 362 g/mol. The first-order valence-corrected chi connectivity index (χ1v) is 9.48. The molecule has 3 rings (SSSR count). The van der Waals surface area contributed by atoms with Crippen LogP contribution in [-0.2, 0) is 6.42 Å². The van der Waals surface area contributed by atoms with E-state index in [1.807, 2.05) is 0 Å². The summed E-state index contributed by atoms with van der Waals surface area (Å²) in [5.41, 5.74) is 1.36. The minimum atomic E-state index is 0.688. The van der Waals surface area contributed by atoms with Crippen LogP contribution in [0.5, 0.6) is 0 Å². The molecule has 0 N–H and O–H groups in total. The molecule has 0 atom stereocenters. The maximum Gasteiger partial charge on any atom is 0.141 e. The Morgan fingerprint density at radius 3 is 2.38 bits per heavy atom. The van der Waals surface area contributed by atoms with Gasteiger partial charge in [0.05, 0.1) is 6.67 Å². The van der Waals surface area contributed by atoms with Crippen molar-refractivity contribution in [1.29, 1.82) is 0 Å². The third kappa shape index (κ3) is 3.81. The number of halogens is 2. The van der Waals surface area contributed by atoms with Gasteiger partial charge in [0.15, 0.2) is 0 Å². The van der Waals surface area contributed by atoms with Gasteiger partial charge in [0.1, 0.15) is 10.3 Å². The molecule has 0 spiro atoms. The summed E-state index contributed by atoms with van der Waals surface area (Å²) in [5, 5.41) is 4.00. The average Bonchev–Trinajstić information content (AvgIpc) is 2.88. The maximum absolute atomic E-state index is 6.45. The van der Waals surface area contributed by atoms with Crippen molar-refractivity contribution in [1.82, 2.24) is 9.80 Å². The third-order valence-electron chi connectivity index (χ3n) is 4.63. The van der Waals surface area contributed by atoms with E-state index in [9.17, 15) is 0 Å². The minimum Gasteiger partial charge on any atom is -0.342 e. The summed E-state index contributed by atoms with van der Waals surface area (Å²) in [6, 6.07) is 15.0. The second kappa shape index (κ2) is 8.13. The van der Waals surface area contributed by atoms with Crippen LogP contribution >= 0.6 is 23.2 Å². The van der Waals surface area contributed by atoms with Gasteiger partial charge >= 0.3 is 0 Å². The molecule has 2 nitrogen and oxygen atoms in total. The molecule has 1 aliphatic heterocycles. The molecule has 0 bridgehead atoms. The van der Waals surface area contributed by atoms with Crippen LogP contribution in [0.3, 0.4) is 0 Å². The molecule has 2 aromatic carbocycles. The Bertz CT molecular complexity index is 721. The van der Waals surface area contributed by atoms with Crippen molar-refractivity contribution in [2.75, 3.05) is 19.8 Å². The number of hydrogen-bond donors (Lipinski definition) is 0. The van der Waals surface area contributed by atoms with Crippen LogP contribution in [0.1, 0.15) is 31.7 Å². The van der Waals surface area contributed by atoms with Gasteiger partial charge < -0.3 is 9.80 Å². The van der Waals surface area contributed by atoms with Crippen molar-refractivity contribution in [2.24, 2.45) is 0 Å². The van der Waals surface area contributed by atoms with E-state index in [0.717, 1.165) is 32.6 Å². The second-order valence-corrected chi connectivity index (χ2v) is 7.06. The number of benzene rings is 2. The summed E-state index contributed by atoms with van der Waals surface area (Å²) in [6.45, 7) is 4.87. The topological polar surface area (TPSA) is 6.48 Å². The summed E-state index contributed by atoms with van der Waals surface area (Å²) < 4.78 is 0. The fourth-order valence-corrected chi connectivity index (χ4v) is 3.76. The van der Waals surface area contributed by atoms with E-state index in [1.54, 1.807) is 0 Å². The number of hydrogen-bond acceptors (Lipinski definition) is 2. The van der Waals surface area contributed by atoms with Gasteiger partial charge in [0.25, 0.3) is 0 Å². The van der Waals surface area contributed by atoms with Gasteiger partial charge in [-0.05, 0) is 29.2 Å². The predicted octanol–water partition coefficient (Wildman–Crippen LogP) is 5.75. The van der Waals surface area contributed by atoms with Gasteiger partial charge in [-0.15, -0.1) is 0 Å². The van der Waals surface area contributed by atoms with Crippen LogP contribution in [0.4, 0.5) is 0 Å². The number of fused-ring (bicyclic) bond motifs is 1. The Hall–Kier alpha value is -1.38. The molecule has 1 heterocycles. The lowest BCUT2D eigenvalue weighted by Crippen LogP contribution is -2.29. The van der Waals surface area contributed by atoms with E-state index in [4.69, 9.17) is 23.2 Å². The molecule has 24 heavy (non-hydrogen) atoms. The first-order valence-electron chi connectivity index (χ1n) is 8.72. The highest BCUT2D eigenvalue weighted by atomic mass is 35.5. The lowest BCUT2D eigenvalue weighted by atomic mass is 10.0. The maximum atomic E-state index is 6.45. The molecule has 128 valence electrons. The lowest BCUT2D eigenvalue weighted by molar-refractivity contribution is 0.257. The Kier molecular flexibility index (Phi) is 5.91. The van der Waals surface area contributed by atoms with E-state index in [2.05, 4.69) is 59.2 Å². The minimum absolute atomic E-state index is 0.688. The van der Waals surface area contributed by atoms with Crippen molar-refractivity contribution < 1.29 is 0 Å². The molecule has 1 aliphatic rings. The molecule has 0 fully saturated rings. The molecular formula is C20H24Cl2N2. The van der Waals surface area contributed by atoms with Crippen LogP contribution in [0.25, 0.3) is 10.8 Å². The SMILES string of the molecule is CCCCCN1CN(CCc2cccc3ccccc23)C(Cl)=C1Cl. The van der Waals surface area contributed by atoms with Crippen LogP contribution in [0.15, 0.2) is 52.8 Å². The highest BCUT2D eigenvalue weighted by Gasteiger charge is 2.25. The predicted molar refractivity (Wildman–Crippen MR) is 104 cm³/mol. The third-order valence-corrected chi connectivity index (χ3v) is 5.56. The Balaban J connectivity index is 1.64. The molecule has 4 heteroatoms. The highest BCUT2D eigenvalue weighted by Crippen LogP contribution is 2.30. The van der Waals surface area contributed by atoms with E-state index in [1.165, 1.54) is 29.2 Å². The normalized spacial score (nSPS) is 15.0. The van der Waals surface area contributed by atoms with E-state index >= 15 is 0 Å². The second-order valence-electron chi connectivity index (χ2n) is 6.35. The summed E-state index contributed by atoms with van der Waals surface area (Å²) in [4.78, 5) is 4.36. The Morgan fingerprint density at radius 2 is 1.58 bits per heavy atom. The quantitative estimate of drug-likeness (QED) is 0.456. The van der Waals surface area contributed by atoms with Gasteiger partial charge in [-0.2, -0.15) is 0 Å². The van der Waals surface area contributed by atoms with Gasteiger partial charge in [-0.3, -0.25) is 0 Å². The molecule has 0 saturated carbocycles. The van der Waals surface area contributed by atoms with Crippen LogP contribution < -0.4 is 0 Å². The standard InChI is InChI=1S/C20H24Cl2N2/c1-2-3-6-13-23-15-24(20(22)19(23)21)14-12-17-10-7-9-16-8-4-5-11-18(16)17/h4-5,7-11H,2-3,6,12-15H2,1H3. The number of unbranched alkanes of at least 4 members (excludes halogenated alkanes) is 2.